The van der Waals surface area contributed by atoms with Crippen LogP contribution in [0.2, 0.25) is 0 Å². The van der Waals surface area contributed by atoms with Gasteiger partial charge in [-0.15, -0.1) is 0 Å². The number of esters is 1. The second-order valence-electron chi connectivity index (χ2n) is 5.50. The van der Waals surface area contributed by atoms with Gasteiger partial charge in [0.15, 0.2) is 5.78 Å². The van der Waals surface area contributed by atoms with Crippen LogP contribution in [0.1, 0.15) is 29.3 Å². The van der Waals surface area contributed by atoms with Crippen LogP contribution in [0, 0.1) is 0 Å². The molecule has 0 fully saturated rings. The fourth-order valence-electron chi connectivity index (χ4n) is 2.33. The highest BCUT2D eigenvalue weighted by Crippen LogP contribution is 2.35. The minimum Gasteiger partial charge on any atom is -0.497 e. The van der Waals surface area contributed by atoms with Crippen LogP contribution >= 0.6 is 0 Å². The van der Waals surface area contributed by atoms with Gasteiger partial charge in [0, 0.05) is 18.6 Å². The Bertz CT molecular complexity index is 836. The molecule has 0 spiro atoms. The topological polar surface area (TPSA) is 71.1 Å². The largest absolute Gasteiger partial charge is 0.497 e. The summed E-state index contributed by atoms with van der Waals surface area (Å²) in [6, 6.07) is 10.3. The number of allylic oxidation sites excluding steroid dienone is 1. The lowest BCUT2D eigenvalue weighted by atomic mass is 10.1. The van der Waals surface area contributed by atoms with E-state index in [2.05, 4.69) is 0 Å². The molecule has 2 aromatic carbocycles. The van der Waals surface area contributed by atoms with Crippen molar-refractivity contribution in [3.05, 3.63) is 53.6 Å². The van der Waals surface area contributed by atoms with E-state index < -0.39 is 5.97 Å². The molecule has 0 N–H and O–H groups in total. The van der Waals surface area contributed by atoms with E-state index in [9.17, 15) is 9.59 Å². The number of hydrogen-bond acceptors (Lipinski definition) is 6. The van der Waals surface area contributed by atoms with E-state index in [0.29, 0.717) is 5.75 Å². The first kappa shape index (κ1) is 20.0. The maximum Gasteiger partial charge on any atom is 0.310 e. The Morgan fingerprint density at radius 1 is 0.889 bits per heavy atom. The van der Waals surface area contributed by atoms with Gasteiger partial charge in [-0.25, -0.2) is 0 Å². The zero-order valence-electron chi connectivity index (χ0n) is 15.8. The smallest absolute Gasteiger partial charge is 0.310 e. The number of hydrogen-bond donors (Lipinski definition) is 0. The summed E-state index contributed by atoms with van der Waals surface area (Å²) in [6.45, 7) is 1.67. The van der Waals surface area contributed by atoms with Gasteiger partial charge in [-0.1, -0.05) is 25.1 Å². The van der Waals surface area contributed by atoms with Crippen molar-refractivity contribution < 1.29 is 28.5 Å². The highest BCUT2D eigenvalue weighted by atomic mass is 16.5. The summed E-state index contributed by atoms with van der Waals surface area (Å²) in [5, 5.41) is 0. The lowest BCUT2D eigenvalue weighted by Crippen LogP contribution is -2.10. The van der Waals surface area contributed by atoms with Gasteiger partial charge in [0.1, 0.15) is 28.6 Å². The zero-order chi connectivity index (χ0) is 19.8. The van der Waals surface area contributed by atoms with Crippen LogP contribution in [0.4, 0.5) is 0 Å². The third-order valence-corrected chi connectivity index (χ3v) is 3.80. The molecule has 6 heteroatoms. The molecule has 0 radical (unpaired) electrons. The molecule has 0 aliphatic carbocycles. The Labute approximate surface area is 158 Å². The average molecular weight is 370 g/mol. The summed E-state index contributed by atoms with van der Waals surface area (Å²) in [5.41, 5.74) is 0.980. The molecule has 0 bridgehead atoms. The summed E-state index contributed by atoms with van der Waals surface area (Å²) >= 11 is 0. The minimum absolute atomic E-state index is 0.0995. The molecule has 0 saturated heterocycles. The number of rotatable bonds is 8. The lowest BCUT2D eigenvalue weighted by Gasteiger charge is -2.13. The molecule has 142 valence electrons. The summed E-state index contributed by atoms with van der Waals surface area (Å²) in [5.74, 6) is 0.688. The molecule has 0 heterocycles. The predicted molar refractivity (Wildman–Crippen MR) is 102 cm³/mol. The van der Waals surface area contributed by atoms with E-state index in [1.54, 1.807) is 38.3 Å². The van der Waals surface area contributed by atoms with E-state index in [0.717, 1.165) is 11.3 Å². The Morgan fingerprint density at radius 3 is 2.07 bits per heavy atom. The molecule has 2 aromatic rings. The molecule has 0 atom stereocenters. The first-order valence-electron chi connectivity index (χ1n) is 8.35. The van der Waals surface area contributed by atoms with Gasteiger partial charge in [-0.2, -0.15) is 0 Å². The molecule has 0 aliphatic heterocycles. The maximum atomic E-state index is 12.8. The quantitative estimate of drug-likeness (QED) is 0.304. The number of ether oxygens (including phenoxy) is 4. The molecule has 0 unspecified atom stereocenters. The maximum absolute atomic E-state index is 12.8. The van der Waals surface area contributed by atoms with Gasteiger partial charge in [0.05, 0.1) is 21.3 Å². The standard InChI is InChI=1S/C21H22O6/c1-5-20(23)27-19-13-16(25-3)12-18(26-4)21(19)17(22)11-8-14-6-9-15(24-2)10-7-14/h6-13H,5H2,1-4H3/b11-8+. The first-order chi connectivity index (χ1) is 13.0. The third-order valence-electron chi connectivity index (χ3n) is 3.80. The summed E-state index contributed by atoms with van der Waals surface area (Å²) in [6.07, 6.45) is 3.24. The van der Waals surface area contributed by atoms with Gasteiger partial charge in [-0.3, -0.25) is 9.59 Å². The van der Waals surface area contributed by atoms with E-state index in [4.69, 9.17) is 18.9 Å². The monoisotopic (exact) mass is 370 g/mol. The van der Waals surface area contributed by atoms with Crippen LogP contribution in [0.15, 0.2) is 42.5 Å². The van der Waals surface area contributed by atoms with Crippen molar-refractivity contribution in [1.29, 1.82) is 0 Å². The second kappa shape index (κ2) is 9.43. The summed E-state index contributed by atoms with van der Waals surface area (Å²) < 4.78 is 20.9. The Balaban J connectivity index is 2.39. The fourth-order valence-corrected chi connectivity index (χ4v) is 2.33. The molecular formula is C21H22O6. The number of benzene rings is 2. The third kappa shape index (κ3) is 5.10. The Kier molecular flexibility index (Phi) is 7.00. The van der Waals surface area contributed by atoms with Crippen molar-refractivity contribution in [2.75, 3.05) is 21.3 Å². The molecule has 2 rings (SSSR count). The van der Waals surface area contributed by atoms with Crippen LogP contribution in [0.5, 0.6) is 23.0 Å². The van der Waals surface area contributed by atoms with Gasteiger partial charge in [-0.05, 0) is 23.8 Å². The van der Waals surface area contributed by atoms with E-state index in [-0.39, 0.29) is 29.3 Å². The highest BCUT2D eigenvalue weighted by molar-refractivity contribution is 6.11. The summed E-state index contributed by atoms with van der Waals surface area (Å²) in [4.78, 5) is 24.5. The zero-order valence-corrected chi connectivity index (χ0v) is 15.8. The molecule has 0 amide bonds. The Hall–Kier alpha value is -3.28. The number of carbonyl (C=O) groups is 2. The molecule has 27 heavy (non-hydrogen) atoms. The van der Waals surface area contributed by atoms with E-state index >= 15 is 0 Å². The molecule has 0 saturated carbocycles. The molecule has 0 aromatic heterocycles. The highest BCUT2D eigenvalue weighted by Gasteiger charge is 2.20. The van der Waals surface area contributed by atoms with Crippen LogP contribution < -0.4 is 18.9 Å². The van der Waals surface area contributed by atoms with E-state index in [1.165, 1.54) is 26.4 Å². The summed E-state index contributed by atoms with van der Waals surface area (Å²) in [7, 11) is 4.50. The minimum atomic E-state index is -0.460. The van der Waals surface area contributed by atoms with Crippen LogP contribution in [-0.2, 0) is 4.79 Å². The van der Waals surface area contributed by atoms with E-state index in [1.807, 2.05) is 12.1 Å². The van der Waals surface area contributed by atoms with Gasteiger partial charge < -0.3 is 18.9 Å². The van der Waals surface area contributed by atoms with Crippen molar-refractivity contribution in [1.82, 2.24) is 0 Å². The number of carbonyl (C=O) groups excluding carboxylic acids is 2. The van der Waals surface area contributed by atoms with Crippen molar-refractivity contribution in [3.8, 4) is 23.0 Å². The lowest BCUT2D eigenvalue weighted by molar-refractivity contribution is -0.134. The Morgan fingerprint density at radius 2 is 1.52 bits per heavy atom. The predicted octanol–water partition coefficient (Wildman–Crippen LogP) is 3.92. The fraction of sp³-hybridized carbons (Fsp3) is 0.238. The van der Waals surface area contributed by atoms with Crippen molar-refractivity contribution in [3.63, 3.8) is 0 Å². The second-order valence-corrected chi connectivity index (χ2v) is 5.50. The average Bonchev–Trinajstić information content (AvgIpc) is 2.71. The van der Waals surface area contributed by atoms with Gasteiger partial charge in [0.2, 0.25) is 0 Å². The van der Waals surface area contributed by atoms with Crippen LogP contribution in [-0.4, -0.2) is 33.1 Å². The van der Waals surface area contributed by atoms with Crippen molar-refractivity contribution >= 4 is 17.8 Å². The van der Waals surface area contributed by atoms with Crippen molar-refractivity contribution in [2.45, 2.75) is 13.3 Å². The number of methoxy groups -OCH3 is 3. The van der Waals surface area contributed by atoms with Crippen LogP contribution in [0.3, 0.4) is 0 Å². The SMILES string of the molecule is CCC(=O)Oc1cc(OC)cc(OC)c1C(=O)/C=C/c1ccc(OC)cc1. The molecular weight excluding hydrogens is 348 g/mol. The number of ketones is 1. The normalized spacial score (nSPS) is 10.5. The van der Waals surface area contributed by atoms with Crippen molar-refractivity contribution in [2.24, 2.45) is 0 Å². The first-order valence-corrected chi connectivity index (χ1v) is 8.35. The molecule has 0 aliphatic rings. The van der Waals surface area contributed by atoms with Gasteiger partial charge >= 0.3 is 5.97 Å². The van der Waals surface area contributed by atoms with Crippen LogP contribution in [0.25, 0.3) is 6.08 Å². The van der Waals surface area contributed by atoms with Gasteiger partial charge in [0.25, 0.3) is 0 Å². The molecule has 6 nitrogen and oxygen atoms in total.